The first-order valence-electron chi connectivity index (χ1n) is 9.52. The molecule has 1 saturated heterocycles. The maximum absolute atomic E-state index is 12.4. The molecule has 0 radical (unpaired) electrons. The predicted molar refractivity (Wildman–Crippen MR) is 104 cm³/mol. The number of carbonyl (C=O) groups is 1. The summed E-state index contributed by atoms with van der Waals surface area (Å²) in [4.78, 5) is 14.9. The van der Waals surface area contributed by atoms with E-state index in [0.29, 0.717) is 6.54 Å². The number of nitrogens with one attached hydrogen (secondary N) is 1. The van der Waals surface area contributed by atoms with Gasteiger partial charge in [-0.1, -0.05) is 30.3 Å². The van der Waals surface area contributed by atoms with Crippen LogP contribution >= 0.6 is 0 Å². The summed E-state index contributed by atoms with van der Waals surface area (Å²) >= 11 is 0. The van der Waals surface area contributed by atoms with Crippen molar-refractivity contribution in [2.75, 3.05) is 19.6 Å². The monoisotopic (exact) mass is 345 g/mol. The van der Waals surface area contributed by atoms with Gasteiger partial charge < -0.3 is 9.88 Å². The molecule has 3 aromatic rings. The predicted octanol–water partition coefficient (Wildman–Crippen LogP) is 3.65. The van der Waals surface area contributed by atoms with Crippen LogP contribution in [0.4, 0.5) is 0 Å². The summed E-state index contributed by atoms with van der Waals surface area (Å²) in [6.07, 6.45) is 2.63. The van der Waals surface area contributed by atoms with Crippen LogP contribution in [0.5, 0.6) is 0 Å². The molecule has 0 atom stereocenters. The molecule has 0 aliphatic carbocycles. The van der Waals surface area contributed by atoms with Gasteiger partial charge in [0.2, 0.25) is 0 Å². The molecule has 3 heterocycles. The van der Waals surface area contributed by atoms with Crippen LogP contribution < -0.4 is 5.32 Å². The van der Waals surface area contributed by atoms with Gasteiger partial charge in [0.15, 0.2) is 0 Å². The van der Waals surface area contributed by atoms with Crippen LogP contribution in [-0.2, 0) is 13.1 Å². The maximum Gasteiger partial charge on any atom is 0.253 e. The molecular weight excluding hydrogens is 322 g/mol. The average molecular weight is 345 g/mol. The van der Waals surface area contributed by atoms with Gasteiger partial charge in [-0.05, 0) is 55.3 Å². The van der Waals surface area contributed by atoms with Gasteiger partial charge in [-0.3, -0.25) is 9.69 Å². The Bertz CT molecular complexity index is 982. The fourth-order valence-corrected chi connectivity index (χ4v) is 4.38. The largest absolute Gasteiger partial charge is 0.350 e. The van der Waals surface area contributed by atoms with Crippen molar-refractivity contribution in [1.82, 2.24) is 14.8 Å². The van der Waals surface area contributed by atoms with Crippen LogP contribution in [0.25, 0.3) is 22.2 Å². The molecule has 1 fully saturated rings. The molecule has 4 heteroatoms. The Labute approximate surface area is 153 Å². The summed E-state index contributed by atoms with van der Waals surface area (Å²) in [5.41, 5.74) is 5.64. The lowest BCUT2D eigenvalue weighted by atomic mass is 10.1. The highest BCUT2D eigenvalue weighted by atomic mass is 16.1. The third-order valence-electron chi connectivity index (χ3n) is 5.61. The zero-order valence-electron chi connectivity index (χ0n) is 14.9. The van der Waals surface area contributed by atoms with Crippen molar-refractivity contribution >= 4 is 16.8 Å². The average Bonchev–Trinajstić information content (AvgIpc) is 3.25. The smallest absolute Gasteiger partial charge is 0.253 e. The van der Waals surface area contributed by atoms with Crippen molar-refractivity contribution in [2.24, 2.45) is 0 Å². The van der Waals surface area contributed by atoms with E-state index in [9.17, 15) is 4.79 Å². The number of benzene rings is 2. The summed E-state index contributed by atoms with van der Waals surface area (Å²) in [6.45, 7) is 4.92. The van der Waals surface area contributed by atoms with E-state index in [-0.39, 0.29) is 5.91 Å². The van der Waals surface area contributed by atoms with Gasteiger partial charge in [0, 0.05) is 30.7 Å². The third kappa shape index (κ3) is 2.61. The number of carbonyl (C=O) groups excluding carboxylic acids is 1. The number of rotatable bonds is 3. The molecule has 4 nitrogen and oxygen atoms in total. The first-order valence-corrected chi connectivity index (χ1v) is 9.52. The zero-order chi connectivity index (χ0) is 17.5. The minimum absolute atomic E-state index is 0.0294. The molecule has 1 amide bonds. The number of hydrogen-bond donors (Lipinski definition) is 1. The molecule has 0 saturated carbocycles. The lowest BCUT2D eigenvalue weighted by Gasteiger charge is -2.16. The minimum Gasteiger partial charge on any atom is -0.350 e. The van der Waals surface area contributed by atoms with Crippen LogP contribution in [-0.4, -0.2) is 35.0 Å². The van der Waals surface area contributed by atoms with E-state index in [4.69, 9.17) is 0 Å². The van der Waals surface area contributed by atoms with Crippen LogP contribution in [0.2, 0.25) is 0 Å². The second-order valence-electron chi connectivity index (χ2n) is 7.36. The van der Waals surface area contributed by atoms with Gasteiger partial charge in [-0.25, -0.2) is 0 Å². The number of hydrogen-bond acceptors (Lipinski definition) is 2. The van der Waals surface area contributed by atoms with Gasteiger partial charge in [-0.15, -0.1) is 0 Å². The quantitative estimate of drug-likeness (QED) is 0.787. The second kappa shape index (κ2) is 6.29. The number of aromatic nitrogens is 1. The molecule has 1 aromatic heterocycles. The Morgan fingerprint density at radius 1 is 0.962 bits per heavy atom. The van der Waals surface area contributed by atoms with Gasteiger partial charge in [0.1, 0.15) is 0 Å². The normalized spacial score (nSPS) is 17.5. The fourth-order valence-electron chi connectivity index (χ4n) is 4.38. The Hall–Kier alpha value is -2.59. The maximum atomic E-state index is 12.4. The standard InChI is InChI=1S/C22H23N3O/c26-22-19-8-4-7-18-14-20(25(21(18)19)12-9-23-22)17-6-3-5-16(13-17)15-24-10-1-2-11-24/h3-8,13-14H,1-2,9-12,15H2,(H,23,26). The first-order chi connectivity index (χ1) is 12.8. The number of para-hydroxylation sites is 1. The minimum atomic E-state index is 0.0294. The van der Waals surface area contributed by atoms with Crippen LogP contribution in [0.3, 0.4) is 0 Å². The van der Waals surface area contributed by atoms with Crippen molar-refractivity contribution in [1.29, 1.82) is 0 Å². The third-order valence-corrected chi connectivity index (χ3v) is 5.61. The van der Waals surface area contributed by atoms with E-state index in [2.05, 4.69) is 51.2 Å². The Morgan fingerprint density at radius 2 is 1.81 bits per heavy atom. The molecule has 26 heavy (non-hydrogen) atoms. The van der Waals surface area contributed by atoms with Crippen molar-refractivity contribution in [3.63, 3.8) is 0 Å². The van der Waals surface area contributed by atoms with Crippen LogP contribution in [0.1, 0.15) is 28.8 Å². The Kier molecular flexibility index (Phi) is 3.79. The molecule has 2 aliphatic rings. The lowest BCUT2D eigenvalue weighted by Crippen LogP contribution is -2.24. The van der Waals surface area contributed by atoms with Crippen molar-refractivity contribution in [3.05, 3.63) is 59.7 Å². The molecule has 1 N–H and O–H groups in total. The number of amides is 1. The van der Waals surface area contributed by atoms with Gasteiger partial charge in [-0.2, -0.15) is 0 Å². The van der Waals surface area contributed by atoms with E-state index in [0.717, 1.165) is 29.6 Å². The highest BCUT2D eigenvalue weighted by molar-refractivity contribution is 6.07. The molecule has 2 aromatic carbocycles. The van der Waals surface area contributed by atoms with E-state index < -0.39 is 0 Å². The highest BCUT2D eigenvalue weighted by Crippen LogP contribution is 2.32. The molecule has 0 spiro atoms. The topological polar surface area (TPSA) is 37.3 Å². The number of likely N-dealkylation sites (tertiary alicyclic amines) is 1. The second-order valence-corrected chi connectivity index (χ2v) is 7.36. The van der Waals surface area contributed by atoms with Gasteiger partial charge >= 0.3 is 0 Å². The van der Waals surface area contributed by atoms with Gasteiger partial charge in [0.05, 0.1) is 11.1 Å². The van der Waals surface area contributed by atoms with Crippen LogP contribution in [0.15, 0.2) is 48.5 Å². The van der Waals surface area contributed by atoms with E-state index in [1.165, 1.54) is 42.8 Å². The molecule has 2 aliphatic heterocycles. The molecule has 0 bridgehead atoms. The van der Waals surface area contributed by atoms with E-state index in [1.807, 2.05) is 12.1 Å². The molecule has 0 unspecified atom stereocenters. The molecule has 5 rings (SSSR count). The summed E-state index contributed by atoms with van der Waals surface area (Å²) in [5.74, 6) is 0.0294. The Balaban J connectivity index is 1.60. The van der Waals surface area contributed by atoms with Gasteiger partial charge in [0.25, 0.3) is 5.91 Å². The zero-order valence-corrected chi connectivity index (χ0v) is 14.9. The number of nitrogens with zero attached hydrogens (tertiary/aromatic N) is 2. The fraction of sp³-hybridized carbons (Fsp3) is 0.318. The first kappa shape index (κ1) is 15.6. The summed E-state index contributed by atoms with van der Waals surface area (Å²) in [5, 5.41) is 4.15. The van der Waals surface area contributed by atoms with E-state index in [1.54, 1.807) is 0 Å². The summed E-state index contributed by atoms with van der Waals surface area (Å²) in [6, 6.07) is 17.1. The lowest BCUT2D eigenvalue weighted by molar-refractivity contribution is 0.0956. The summed E-state index contributed by atoms with van der Waals surface area (Å²) in [7, 11) is 0. The Morgan fingerprint density at radius 3 is 2.69 bits per heavy atom. The molecule has 132 valence electrons. The van der Waals surface area contributed by atoms with Crippen molar-refractivity contribution in [2.45, 2.75) is 25.9 Å². The highest BCUT2D eigenvalue weighted by Gasteiger charge is 2.20. The van der Waals surface area contributed by atoms with Crippen LogP contribution in [0, 0.1) is 0 Å². The van der Waals surface area contributed by atoms with Crippen molar-refractivity contribution in [3.8, 4) is 11.3 Å². The molecular formula is C22H23N3O. The van der Waals surface area contributed by atoms with Crippen molar-refractivity contribution < 1.29 is 4.79 Å². The van der Waals surface area contributed by atoms with E-state index >= 15 is 0 Å². The SMILES string of the molecule is O=C1NCCn2c(-c3cccc(CN4CCCC4)c3)cc3cccc1c32. The summed E-state index contributed by atoms with van der Waals surface area (Å²) < 4.78 is 2.30.